The minimum Gasteiger partial charge on any atom is -0.381 e. The van der Waals surface area contributed by atoms with Crippen LogP contribution in [0.4, 0.5) is 5.69 Å². The van der Waals surface area contributed by atoms with E-state index in [1.54, 1.807) is 4.90 Å². The van der Waals surface area contributed by atoms with Gasteiger partial charge in [0.25, 0.3) is 5.91 Å². The summed E-state index contributed by atoms with van der Waals surface area (Å²) >= 11 is 0. The van der Waals surface area contributed by atoms with Crippen LogP contribution in [0.25, 0.3) is 0 Å². The van der Waals surface area contributed by atoms with Crippen molar-refractivity contribution in [2.75, 3.05) is 24.7 Å². The van der Waals surface area contributed by atoms with Crippen molar-refractivity contribution in [1.29, 1.82) is 0 Å². The van der Waals surface area contributed by atoms with Gasteiger partial charge in [-0.2, -0.15) is 0 Å². The van der Waals surface area contributed by atoms with Gasteiger partial charge in [-0.25, -0.2) is 0 Å². The number of amides is 3. The summed E-state index contributed by atoms with van der Waals surface area (Å²) in [6.07, 6.45) is 8.14. The van der Waals surface area contributed by atoms with Gasteiger partial charge in [-0.3, -0.25) is 19.7 Å². The van der Waals surface area contributed by atoms with Gasteiger partial charge < -0.3 is 20.3 Å². The Morgan fingerprint density at radius 3 is 2.49 bits per heavy atom. The van der Waals surface area contributed by atoms with Crippen molar-refractivity contribution in [1.82, 2.24) is 10.2 Å². The minimum absolute atomic E-state index is 0. The Bertz CT molecular complexity index is 943. The summed E-state index contributed by atoms with van der Waals surface area (Å²) in [7, 11) is 0. The molecular weight excluding hydrogens is 468 g/mol. The van der Waals surface area contributed by atoms with E-state index in [-0.39, 0.29) is 42.6 Å². The van der Waals surface area contributed by atoms with Gasteiger partial charge in [0.1, 0.15) is 6.04 Å². The van der Waals surface area contributed by atoms with Crippen LogP contribution in [0.3, 0.4) is 0 Å². The number of nitrogens with zero attached hydrogens (tertiary/aromatic N) is 2. The van der Waals surface area contributed by atoms with Crippen molar-refractivity contribution >= 4 is 35.8 Å². The molecule has 3 heterocycles. The molecule has 0 spiro atoms. The maximum absolute atomic E-state index is 13.3. The molecule has 2 saturated heterocycles. The first-order valence-corrected chi connectivity index (χ1v) is 12.9. The highest BCUT2D eigenvalue weighted by molar-refractivity contribution is 6.06. The van der Waals surface area contributed by atoms with E-state index in [1.165, 1.54) is 0 Å². The quantitative estimate of drug-likeness (QED) is 0.577. The van der Waals surface area contributed by atoms with Gasteiger partial charge in [-0.1, -0.05) is 6.07 Å². The second kappa shape index (κ2) is 11.3. The summed E-state index contributed by atoms with van der Waals surface area (Å²) in [5, 5.41) is 2.40. The molecule has 0 aromatic heterocycles. The summed E-state index contributed by atoms with van der Waals surface area (Å²) in [5.41, 5.74) is 9.03. The maximum Gasteiger partial charge on any atom is 0.255 e. The van der Waals surface area contributed by atoms with Crippen LogP contribution in [0.1, 0.15) is 73.7 Å². The molecule has 0 radical (unpaired) electrons. The number of hydrogen-bond acceptors (Lipinski definition) is 6. The third-order valence-electron chi connectivity index (χ3n) is 8.17. The van der Waals surface area contributed by atoms with E-state index in [4.69, 9.17) is 10.5 Å². The molecule has 3 aliphatic heterocycles. The number of nitrogens with one attached hydrogen (secondary N) is 1. The van der Waals surface area contributed by atoms with Crippen LogP contribution in [0, 0.1) is 5.92 Å². The molecule has 3 amide bonds. The predicted molar refractivity (Wildman–Crippen MR) is 135 cm³/mol. The van der Waals surface area contributed by atoms with E-state index in [9.17, 15) is 14.4 Å². The molecule has 3 fully saturated rings. The molecule has 1 atom stereocenters. The van der Waals surface area contributed by atoms with Crippen molar-refractivity contribution in [2.45, 2.75) is 82.5 Å². The molecule has 1 aliphatic carbocycles. The number of anilines is 1. The Kier molecular flexibility index (Phi) is 8.34. The number of fused-ring (bicyclic) bond motifs is 1. The number of benzene rings is 1. The number of carbonyl (C=O) groups is 3. The highest BCUT2D eigenvalue weighted by Crippen LogP contribution is 2.37. The van der Waals surface area contributed by atoms with E-state index in [0.29, 0.717) is 30.5 Å². The zero-order chi connectivity index (χ0) is 23.7. The smallest absolute Gasteiger partial charge is 0.255 e. The van der Waals surface area contributed by atoms with Crippen LogP contribution in [0.15, 0.2) is 18.2 Å². The highest BCUT2D eigenvalue weighted by atomic mass is 35.5. The van der Waals surface area contributed by atoms with Gasteiger partial charge in [-0.15, -0.1) is 12.4 Å². The normalized spacial score (nSPS) is 27.3. The van der Waals surface area contributed by atoms with Gasteiger partial charge >= 0.3 is 0 Å². The van der Waals surface area contributed by atoms with Crippen LogP contribution in [-0.4, -0.2) is 60.5 Å². The second-order valence-corrected chi connectivity index (χ2v) is 10.3. The third-order valence-corrected chi connectivity index (χ3v) is 8.17. The topological polar surface area (TPSA) is 105 Å². The Morgan fingerprint density at radius 1 is 1.03 bits per heavy atom. The Balaban J connectivity index is 0.00000289. The van der Waals surface area contributed by atoms with Gasteiger partial charge in [0.05, 0.1) is 0 Å². The van der Waals surface area contributed by atoms with Crippen molar-refractivity contribution in [2.24, 2.45) is 11.7 Å². The summed E-state index contributed by atoms with van der Waals surface area (Å²) in [6.45, 7) is 3.06. The molecule has 9 heteroatoms. The lowest BCUT2D eigenvalue weighted by Gasteiger charge is -2.39. The molecule has 1 unspecified atom stereocenters. The zero-order valence-electron chi connectivity index (χ0n) is 20.2. The predicted octanol–water partition coefficient (Wildman–Crippen LogP) is 2.76. The first kappa shape index (κ1) is 25.9. The Labute approximate surface area is 213 Å². The highest BCUT2D eigenvalue weighted by Gasteiger charge is 2.41. The Morgan fingerprint density at radius 2 is 1.77 bits per heavy atom. The fraction of sp³-hybridized carbons (Fsp3) is 0.654. The molecule has 1 aromatic carbocycles. The van der Waals surface area contributed by atoms with Gasteiger partial charge in [0, 0.05) is 61.6 Å². The Hall–Kier alpha value is -2.16. The summed E-state index contributed by atoms with van der Waals surface area (Å²) < 4.78 is 5.55. The molecule has 8 nitrogen and oxygen atoms in total. The number of carbonyl (C=O) groups excluding carboxylic acids is 3. The molecule has 1 aromatic rings. The average Bonchev–Trinajstić information content (AvgIpc) is 3.18. The zero-order valence-corrected chi connectivity index (χ0v) is 21.1. The lowest BCUT2D eigenvalue weighted by Crippen LogP contribution is -2.52. The third kappa shape index (κ3) is 5.49. The van der Waals surface area contributed by atoms with E-state index >= 15 is 0 Å². The number of hydrogen-bond donors (Lipinski definition) is 2. The van der Waals surface area contributed by atoms with Crippen LogP contribution in [-0.2, 0) is 20.9 Å². The van der Waals surface area contributed by atoms with E-state index in [1.807, 2.05) is 12.1 Å². The number of piperidine rings is 1. The van der Waals surface area contributed by atoms with Crippen LogP contribution < -0.4 is 16.0 Å². The minimum atomic E-state index is -0.589. The summed E-state index contributed by atoms with van der Waals surface area (Å²) in [5.74, 6) is -0.0700. The SMILES string of the molecule is Cl.NC1CCC(N(CCC2CCOCC2)c2cccc3c2CN(C2CCC(=O)NC2=O)C3=O)CC1. The number of halogens is 1. The van der Waals surface area contributed by atoms with Crippen molar-refractivity contribution in [3.8, 4) is 0 Å². The lowest BCUT2D eigenvalue weighted by molar-refractivity contribution is -0.136. The van der Waals surface area contributed by atoms with Gasteiger partial charge in [-0.05, 0) is 69.4 Å². The molecule has 4 aliphatic rings. The lowest BCUT2D eigenvalue weighted by atomic mass is 9.89. The van der Waals surface area contributed by atoms with Crippen LogP contribution in [0.2, 0.25) is 0 Å². The maximum atomic E-state index is 13.3. The number of ether oxygens (including phenoxy) is 1. The summed E-state index contributed by atoms with van der Waals surface area (Å²) in [6, 6.07) is 6.08. The largest absolute Gasteiger partial charge is 0.381 e. The van der Waals surface area contributed by atoms with Crippen molar-refractivity contribution < 1.29 is 19.1 Å². The fourth-order valence-corrected chi connectivity index (χ4v) is 6.11. The van der Waals surface area contributed by atoms with Crippen LogP contribution in [0.5, 0.6) is 0 Å². The molecule has 3 N–H and O–H groups in total. The van der Waals surface area contributed by atoms with Crippen molar-refractivity contribution in [3.63, 3.8) is 0 Å². The molecule has 1 saturated carbocycles. The fourth-order valence-electron chi connectivity index (χ4n) is 6.11. The number of rotatable bonds is 6. The molecule has 0 bridgehead atoms. The van der Waals surface area contributed by atoms with Crippen molar-refractivity contribution in [3.05, 3.63) is 29.3 Å². The second-order valence-electron chi connectivity index (χ2n) is 10.3. The van der Waals surface area contributed by atoms with E-state index in [2.05, 4.69) is 16.3 Å². The van der Waals surface area contributed by atoms with E-state index in [0.717, 1.165) is 76.0 Å². The van der Waals surface area contributed by atoms with E-state index < -0.39 is 6.04 Å². The molecule has 35 heavy (non-hydrogen) atoms. The van der Waals surface area contributed by atoms with Gasteiger partial charge in [0.2, 0.25) is 11.8 Å². The number of imide groups is 1. The molecule has 192 valence electrons. The standard InChI is InChI=1S/C26H36N4O4.ClH/c27-18-4-6-19(7-5-18)29(13-10-17-11-14-34-15-12-17)22-3-1-2-20-21(22)16-30(26(20)33)23-8-9-24(31)28-25(23)32;/h1-3,17-19,23H,4-16,27H2,(H,28,31,32);1H. The average molecular weight is 505 g/mol. The number of nitrogens with two attached hydrogens (primary N) is 1. The molecular formula is C26H37ClN4O4. The summed E-state index contributed by atoms with van der Waals surface area (Å²) in [4.78, 5) is 41.6. The first-order valence-electron chi connectivity index (χ1n) is 12.9. The van der Waals surface area contributed by atoms with Crippen LogP contribution >= 0.6 is 12.4 Å². The molecule has 5 rings (SSSR count). The van der Waals surface area contributed by atoms with Gasteiger partial charge in [0.15, 0.2) is 0 Å². The monoisotopic (exact) mass is 504 g/mol. The first-order chi connectivity index (χ1) is 16.5.